The molecular weight excluding hydrogens is 725 g/mol. The number of hydrogen-bond acceptors (Lipinski definition) is 8. The van der Waals surface area contributed by atoms with Gasteiger partial charge in [-0.05, 0) is 197 Å². The topological polar surface area (TPSA) is 77.5 Å². The van der Waals surface area contributed by atoms with E-state index in [1.165, 1.54) is 141 Å². The van der Waals surface area contributed by atoms with Crippen molar-refractivity contribution in [3.05, 3.63) is 0 Å². The van der Waals surface area contributed by atoms with Gasteiger partial charge < -0.3 is 23.7 Å². The average molecular weight is 813 g/mol. The van der Waals surface area contributed by atoms with Gasteiger partial charge in [-0.25, -0.2) is 0 Å². The third kappa shape index (κ3) is 12.8. The highest BCUT2D eigenvalue weighted by Gasteiger charge is 2.44. The van der Waals surface area contributed by atoms with Crippen LogP contribution in [-0.4, -0.2) is 105 Å². The van der Waals surface area contributed by atoms with Crippen molar-refractivity contribution in [3.63, 3.8) is 0 Å². The monoisotopic (exact) mass is 813 g/mol. The van der Waals surface area contributed by atoms with Crippen LogP contribution >= 0.6 is 0 Å². The van der Waals surface area contributed by atoms with Gasteiger partial charge in [0.05, 0.1) is 18.8 Å². The van der Waals surface area contributed by atoms with Crippen molar-refractivity contribution in [3.8, 4) is 0 Å². The standard InChI is InChI=1S/C50H88N2O6/c1-35-33-46(56-5)26-28-48(35)51(42-18-9-38(10-19-42)8-7-37(3)53)44-22-14-40(15-23-44)41-16-24-45(25-17-41)52(49-29-27-47(57-6)34-36(49)2)43-20-11-39(12-21-43)13-30-50(54)58-32-31-55-4/h35-36,38-49H,7-34H2,1-6H3. The smallest absolute Gasteiger partial charge is 0.305 e. The van der Waals surface area contributed by atoms with Gasteiger partial charge in [0.25, 0.3) is 0 Å². The molecule has 0 spiro atoms. The molecule has 0 aromatic carbocycles. The first-order chi connectivity index (χ1) is 28.2. The van der Waals surface area contributed by atoms with Crippen LogP contribution in [0.25, 0.3) is 0 Å². The maximum Gasteiger partial charge on any atom is 0.305 e. The normalized spacial score (nSPS) is 39.1. The quantitative estimate of drug-likeness (QED) is 0.100. The summed E-state index contributed by atoms with van der Waals surface area (Å²) in [6.07, 6.45) is 33.2. The van der Waals surface area contributed by atoms with Crippen LogP contribution in [-0.2, 0) is 28.5 Å². The molecule has 6 rings (SSSR count). The Morgan fingerprint density at radius 1 is 0.500 bits per heavy atom. The molecule has 0 N–H and O–H groups in total. The lowest BCUT2D eigenvalue weighted by Crippen LogP contribution is -2.56. The Balaban J connectivity index is 1.03. The highest BCUT2D eigenvalue weighted by Crippen LogP contribution is 2.46. The average Bonchev–Trinajstić information content (AvgIpc) is 3.25. The van der Waals surface area contributed by atoms with Crippen LogP contribution in [0.15, 0.2) is 0 Å². The maximum atomic E-state index is 12.3. The van der Waals surface area contributed by atoms with E-state index < -0.39 is 0 Å². The van der Waals surface area contributed by atoms with Crippen LogP contribution in [0.1, 0.15) is 188 Å². The number of nitrogens with zero attached hydrogens (tertiary/aromatic N) is 2. The van der Waals surface area contributed by atoms with Gasteiger partial charge in [0.15, 0.2) is 0 Å². The SMILES string of the molecule is COCCOC(=O)CCC1CCC(N(C2CCC(C3CCC(N(C4CCC(CCC(C)=O)CC4)C4CCC(OC)CC4C)CC3)CC2)C2CCC(OC)CC2C)CC1. The second-order valence-corrected chi connectivity index (χ2v) is 20.8. The zero-order valence-electron chi connectivity index (χ0n) is 38.2. The Labute approximate surface area is 355 Å². The van der Waals surface area contributed by atoms with E-state index in [4.69, 9.17) is 18.9 Å². The number of carbonyl (C=O) groups excluding carboxylic acids is 2. The van der Waals surface area contributed by atoms with Crippen molar-refractivity contribution < 1.29 is 28.5 Å². The number of rotatable bonds is 18. The minimum atomic E-state index is -0.0629. The fraction of sp³-hybridized carbons (Fsp3) is 0.960. The zero-order valence-corrected chi connectivity index (χ0v) is 38.2. The molecule has 6 saturated carbocycles. The fourth-order valence-corrected chi connectivity index (χ4v) is 13.9. The molecular formula is C50H88N2O6. The van der Waals surface area contributed by atoms with Gasteiger partial charge in [-0.3, -0.25) is 14.6 Å². The van der Waals surface area contributed by atoms with Gasteiger partial charge >= 0.3 is 5.97 Å². The van der Waals surface area contributed by atoms with Crippen molar-refractivity contribution in [2.45, 2.75) is 236 Å². The van der Waals surface area contributed by atoms with Gasteiger partial charge in [0.2, 0.25) is 0 Å². The lowest BCUT2D eigenvalue weighted by molar-refractivity contribution is -0.145. The number of hydrogen-bond donors (Lipinski definition) is 0. The van der Waals surface area contributed by atoms with Gasteiger partial charge in [-0.2, -0.15) is 0 Å². The molecule has 6 aliphatic rings. The van der Waals surface area contributed by atoms with Crippen LogP contribution < -0.4 is 0 Å². The molecule has 0 bridgehead atoms. The molecule has 6 atom stereocenters. The number of ketones is 1. The molecule has 6 fully saturated rings. The maximum absolute atomic E-state index is 12.3. The van der Waals surface area contributed by atoms with E-state index in [0.29, 0.717) is 73.5 Å². The first kappa shape index (κ1) is 46.4. The second-order valence-electron chi connectivity index (χ2n) is 20.8. The van der Waals surface area contributed by atoms with E-state index in [1.807, 2.05) is 14.2 Å². The molecule has 0 aromatic heterocycles. The fourth-order valence-electron chi connectivity index (χ4n) is 13.9. The molecule has 0 heterocycles. The lowest BCUT2D eigenvalue weighted by atomic mass is 9.69. The van der Waals surface area contributed by atoms with Crippen molar-refractivity contribution in [1.82, 2.24) is 9.80 Å². The van der Waals surface area contributed by atoms with E-state index in [-0.39, 0.29) is 5.97 Å². The summed E-state index contributed by atoms with van der Waals surface area (Å²) in [5.41, 5.74) is 0. The number of carbonyl (C=O) groups is 2. The van der Waals surface area contributed by atoms with Crippen LogP contribution in [0, 0.1) is 35.5 Å². The predicted octanol–water partition coefficient (Wildman–Crippen LogP) is 10.6. The summed E-state index contributed by atoms with van der Waals surface area (Å²) in [6.45, 7) is 7.64. The Kier molecular flexibility index (Phi) is 18.7. The Morgan fingerprint density at radius 2 is 0.897 bits per heavy atom. The summed E-state index contributed by atoms with van der Waals surface area (Å²) >= 11 is 0. The molecule has 8 nitrogen and oxygen atoms in total. The zero-order chi connectivity index (χ0) is 41.0. The summed E-state index contributed by atoms with van der Waals surface area (Å²) in [5, 5.41) is 0. The summed E-state index contributed by atoms with van der Waals surface area (Å²) in [4.78, 5) is 30.3. The largest absolute Gasteiger partial charge is 0.463 e. The lowest BCUT2D eigenvalue weighted by Gasteiger charge is -2.53. The first-order valence-corrected chi connectivity index (χ1v) is 24.9. The summed E-state index contributed by atoms with van der Waals surface area (Å²) in [7, 11) is 5.47. The Hall–Kier alpha value is -1.06. The Morgan fingerprint density at radius 3 is 1.26 bits per heavy atom. The third-order valence-corrected chi connectivity index (χ3v) is 17.3. The minimum Gasteiger partial charge on any atom is -0.463 e. The second kappa shape index (κ2) is 23.4. The Bertz CT molecular complexity index is 1200. The van der Waals surface area contributed by atoms with Crippen LogP contribution in [0.3, 0.4) is 0 Å². The van der Waals surface area contributed by atoms with Gasteiger partial charge in [-0.15, -0.1) is 0 Å². The van der Waals surface area contributed by atoms with E-state index >= 15 is 0 Å². The molecule has 0 saturated heterocycles. The minimum absolute atomic E-state index is 0.0629. The molecule has 0 aliphatic heterocycles. The van der Waals surface area contributed by atoms with Gasteiger partial charge in [0, 0.05) is 70.4 Å². The summed E-state index contributed by atoms with van der Waals surface area (Å²) < 4.78 is 22.2. The van der Waals surface area contributed by atoms with E-state index in [1.54, 1.807) is 14.0 Å². The highest BCUT2D eigenvalue weighted by molar-refractivity contribution is 5.75. The molecule has 0 amide bonds. The van der Waals surface area contributed by atoms with E-state index in [9.17, 15) is 9.59 Å². The summed E-state index contributed by atoms with van der Waals surface area (Å²) in [5.74, 6) is 4.88. The number of esters is 1. The van der Waals surface area contributed by atoms with Crippen molar-refractivity contribution in [2.24, 2.45) is 35.5 Å². The molecule has 6 unspecified atom stereocenters. The molecule has 334 valence electrons. The molecule has 58 heavy (non-hydrogen) atoms. The molecule has 0 radical (unpaired) electrons. The predicted molar refractivity (Wildman–Crippen MR) is 234 cm³/mol. The van der Waals surface area contributed by atoms with E-state index in [2.05, 4.69) is 23.6 Å². The number of ether oxygens (including phenoxy) is 4. The molecule has 0 aromatic rings. The summed E-state index contributed by atoms with van der Waals surface area (Å²) in [6, 6.07) is 4.26. The van der Waals surface area contributed by atoms with Gasteiger partial charge in [-0.1, -0.05) is 13.8 Å². The number of methoxy groups -OCH3 is 3. The van der Waals surface area contributed by atoms with Crippen molar-refractivity contribution in [1.29, 1.82) is 0 Å². The van der Waals surface area contributed by atoms with Gasteiger partial charge in [0.1, 0.15) is 12.4 Å². The third-order valence-electron chi connectivity index (χ3n) is 17.3. The van der Waals surface area contributed by atoms with Crippen molar-refractivity contribution >= 4 is 11.8 Å². The first-order valence-electron chi connectivity index (χ1n) is 24.9. The number of Topliss-reactive ketones (excluding diaryl/α,β-unsaturated/α-hetero) is 1. The van der Waals surface area contributed by atoms with Crippen molar-refractivity contribution in [2.75, 3.05) is 34.5 Å². The van der Waals surface area contributed by atoms with E-state index in [0.717, 1.165) is 55.1 Å². The van der Waals surface area contributed by atoms with Crippen LogP contribution in [0.5, 0.6) is 0 Å². The van der Waals surface area contributed by atoms with Crippen LogP contribution in [0.4, 0.5) is 0 Å². The van der Waals surface area contributed by atoms with Crippen LogP contribution in [0.2, 0.25) is 0 Å². The molecule has 8 heteroatoms. The highest BCUT2D eigenvalue weighted by atomic mass is 16.6. The molecule has 6 aliphatic carbocycles.